The summed E-state index contributed by atoms with van der Waals surface area (Å²) in [4.78, 5) is 0. The molecule has 0 aromatic heterocycles. The molecule has 1 heteroatoms. The van der Waals surface area contributed by atoms with Crippen LogP contribution in [0.15, 0.2) is 18.2 Å². The maximum absolute atomic E-state index is 5.10. The van der Waals surface area contributed by atoms with Gasteiger partial charge in [-0.25, -0.2) is 0 Å². The summed E-state index contributed by atoms with van der Waals surface area (Å²) >= 11 is 0. The van der Waals surface area contributed by atoms with E-state index in [1.807, 2.05) is 27.7 Å². The molecule has 0 aliphatic carbocycles. The van der Waals surface area contributed by atoms with Gasteiger partial charge in [-0.2, -0.15) is 0 Å². The fourth-order valence-corrected chi connectivity index (χ4v) is 1.61. The van der Waals surface area contributed by atoms with Crippen molar-refractivity contribution in [2.75, 3.05) is 7.11 Å². The Bertz CT molecular complexity index is 266. The van der Waals surface area contributed by atoms with Crippen LogP contribution in [0.5, 0.6) is 0 Å². The third-order valence-corrected chi connectivity index (χ3v) is 2.34. The van der Waals surface area contributed by atoms with E-state index in [9.17, 15) is 0 Å². The van der Waals surface area contributed by atoms with E-state index >= 15 is 0 Å². The lowest BCUT2D eigenvalue weighted by atomic mass is 10.0. The molecule has 0 amide bonds. The van der Waals surface area contributed by atoms with Crippen LogP contribution in [0.4, 0.5) is 0 Å². The monoisotopic (exact) mass is 238 g/mol. The Morgan fingerprint density at radius 2 is 1.41 bits per heavy atom. The van der Waals surface area contributed by atoms with E-state index in [0.29, 0.717) is 0 Å². The van der Waals surface area contributed by atoms with E-state index in [1.54, 1.807) is 7.11 Å². The van der Waals surface area contributed by atoms with Crippen LogP contribution in [0.2, 0.25) is 0 Å². The van der Waals surface area contributed by atoms with E-state index in [-0.39, 0.29) is 0 Å². The first-order valence-electron chi connectivity index (χ1n) is 6.91. The van der Waals surface area contributed by atoms with Crippen LogP contribution >= 0.6 is 0 Å². The van der Waals surface area contributed by atoms with Gasteiger partial charge in [0.05, 0.1) is 6.61 Å². The Hall–Kier alpha value is -0.820. The third-order valence-electron chi connectivity index (χ3n) is 2.34. The summed E-state index contributed by atoms with van der Waals surface area (Å²) in [5.41, 5.74) is 4.19. The zero-order valence-corrected chi connectivity index (χ0v) is 12.8. The predicted octanol–water partition coefficient (Wildman–Crippen LogP) is 5.01. The van der Waals surface area contributed by atoms with Crippen molar-refractivity contribution in [3.63, 3.8) is 0 Å². The van der Waals surface area contributed by atoms with Gasteiger partial charge in [0.1, 0.15) is 0 Å². The number of aryl methyl sites for hydroxylation is 2. The van der Waals surface area contributed by atoms with Crippen molar-refractivity contribution < 1.29 is 4.74 Å². The molecule has 0 fully saturated rings. The maximum Gasteiger partial charge on any atom is 0.0713 e. The molecule has 0 aliphatic heterocycles. The summed E-state index contributed by atoms with van der Waals surface area (Å²) in [6.45, 7) is 13.1. The van der Waals surface area contributed by atoms with Crippen LogP contribution in [0.3, 0.4) is 0 Å². The second-order valence-electron chi connectivity index (χ2n) is 3.24. The first-order chi connectivity index (χ1) is 8.31. The number of hydrogen-bond donors (Lipinski definition) is 0. The minimum absolute atomic E-state index is 0.719. The molecule has 1 aromatic rings. The van der Waals surface area contributed by atoms with Crippen molar-refractivity contribution in [1.82, 2.24) is 0 Å². The van der Waals surface area contributed by atoms with Gasteiger partial charge in [-0.3, -0.25) is 0 Å². The van der Waals surface area contributed by atoms with Gasteiger partial charge < -0.3 is 4.74 Å². The number of benzene rings is 1. The minimum atomic E-state index is 0.719. The number of rotatable bonds is 4. The van der Waals surface area contributed by atoms with Gasteiger partial charge in [0.15, 0.2) is 0 Å². The Morgan fingerprint density at radius 1 is 0.882 bits per heavy atom. The smallest absolute Gasteiger partial charge is 0.0713 e. The fourth-order valence-electron chi connectivity index (χ4n) is 1.61. The molecular formula is C16H30O. The second-order valence-corrected chi connectivity index (χ2v) is 3.24. The van der Waals surface area contributed by atoms with Crippen LogP contribution in [-0.4, -0.2) is 7.11 Å². The highest BCUT2D eigenvalue weighted by molar-refractivity contribution is 5.31. The standard InChI is InChI=1S/C12H18O.2C2H6/c1-4-11-7-6-10(9-13-3)8-12(11)5-2;2*1-2/h6-8H,4-5,9H2,1-3H3;2*1-2H3. The molecule has 0 unspecified atom stereocenters. The van der Waals surface area contributed by atoms with Gasteiger partial charge in [0.25, 0.3) is 0 Å². The normalized spacial score (nSPS) is 8.65. The molecule has 17 heavy (non-hydrogen) atoms. The van der Waals surface area contributed by atoms with E-state index in [4.69, 9.17) is 4.74 Å². The summed E-state index contributed by atoms with van der Waals surface area (Å²) in [6, 6.07) is 6.62. The van der Waals surface area contributed by atoms with Gasteiger partial charge >= 0.3 is 0 Å². The van der Waals surface area contributed by atoms with E-state index < -0.39 is 0 Å². The Kier molecular flexibility index (Phi) is 14.4. The predicted molar refractivity (Wildman–Crippen MR) is 78.6 cm³/mol. The summed E-state index contributed by atoms with van der Waals surface area (Å²) < 4.78 is 5.10. The van der Waals surface area contributed by atoms with Crippen LogP contribution < -0.4 is 0 Å². The van der Waals surface area contributed by atoms with Crippen LogP contribution in [0, 0.1) is 0 Å². The molecule has 1 nitrogen and oxygen atoms in total. The largest absolute Gasteiger partial charge is 0.380 e. The topological polar surface area (TPSA) is 9.23 Å². The van der Waals surface area contributed by atoms with Crippen molar-refractivity contribution in [3.8, 4) is 0 Å². The maximum atomic E-state index is 5.10. The van der Waals surface area contributed by atoms with Crippen molar-refractivity contribution in [2.24, 2.45) is 0 Å². The highest BCUT2D eigenvalue weighted by Gasteiger charge is 2.00. The van der Waals surface area contributed by atoms with Crippen LogP contribution in [0.1, 0.15) is 58.2 Å². The Labute approximate surface area is 108 Å². The number of hydrogen-bond acceptors (Lipinski definition) is 1. The minimum Gasteiger partial charge on any atom is -0.380 e. The highest BCUT2D eigenvalue weighted by atomic mass is 16.5. The SMILES string of the molecule is CC.CC.CCc1ccc(COC)cc1CC. The summed E-state index contributed by atoms with van der Waals surface area (Å²) in [5.74, 6) is 0. The molecule has 0 aliphatic rings. The van der Waals surface area contributed by atoms with Gasteiger partial charge in [-0.1, -0.05) is 59.7 Å². The molecule has 0 N–H and O–H groups in total. The van der Waals surface area contributed by atoms with Crippen LogP contribution in [-0.2, 0) is 24.2 Å². The first-order valence-corrected chi connectivity index (χ1v) is 6.91. The van der Waals surface area contributed by atoms with E-state index in [2.05, 4.69) is 32.0 Å². The van der Waals surface area contributed by atoms with Gasteiger partial charge in [-0.05, 0) is 29.5 Å². The zero-order valence-electron chi connectivity index (χ0n) is 12.8. The van der Waals surface area contributed by atoms with E-state index in [1.165, 1.54) is 16.7 Å². The average Bonchev–Trinajstić information content (AvgIpc) is 2.43. The lowest BCUT2D eigenvalue weighted by Crippen LogP contribution is -1.94. The molecule has 0 atom stereocenters. The molecule has 0 spiro atoms. The van der Waals surface area contributed by atoms with Crippen molar-refractivity contribution >= 4 is 0 Å². The molecule has 0 radical (unpaired) electrons. The molecule has 1 aromatic carbocycles. The number of methoxy groups -OCH3 is 1. The molecule has 100 valence electrons. The third kappa shape index (κ3) is 7.17. The molecule has 0 heterocycles. The highest BCUT2D eigenvalue weighted by Crippen LogP contribution is 2.14. The second kappa shape index (κ2) is 13.2. The van der Waals surface area contributed by atoms with Crippen LogP contribution in [0.25, 0.3) is 0 Å². The Balaban J connectivity index is 0. The van der Waals surface area contributed by atoms with Gasteiger partial charge in [0, 0.05) is 7.11 Å². The first kappa shape index (κ1) is 18.5. The van der Waals surface area contributed by atoms with Crippen molar-refractivity contribution in [1.29, 1.82) is 0 Å². The quantitative estimate of drug-likeness (QED) is 0.716. The average molecular weight is 238 g/mol. The number of ether oxygens (including phenoxy) is 1. The van der Waals surface area contributed by atoms with Crippen molar-refractivity contribution in [2.45, 2.75) is 61.0 Å². The lowest BCUT2D eigenvalue weighted by Gasteiger charge is -2.08. The van der Waals surface area contributed by atoms with Gasteiger partial charge in [-0.15, -0.1) is 0 Å². The van der Waals surface area contributed by atoms with E-state index in [0.717, 1.165) is 19.4 Å². The molecule has 0 saturated carbocycles. The Morgan fingerprint density at radius 3 is 1.82 bits per heavy atom. The molecular weight excluding hydrogens is 208 g/mol. The zero-order chi connectivity index (χ0) is 13.7. The van der Waals surface area contributed by atoms with Gasteiger partial charge in [0.2, 0.25) is 0 Å². The summed E-state index contributed by atoms with van der Waals surface area (Å²) in [7, 11) is 1.74. The fraction of sp³-hybridized carbons (Fsp3) is 0.625. The van der Waals surface area contributed by atoms with Crippen molar-refractivity contribution in [3.05, 3.63) is 34.9 Å². The molecule has 0 bridgehead atoms. The molecule has 1 rings (SSSR count). The summed E-state index contributed by atoms with van der Waals surface area (Å²) in [6.07, 6.45) is 2.23. The lowest BCUT2D eigenvalue weighted by molar-refractivity contribution is 0.185. The molecule has 0 saturated heterocycles. The summed E-state index contributed by atoms with van der Waals surface area (Å²) in [5, 5.41) is 0.